The SMILES string of the molecule is CCC(C)(O)CN1CCCSCC1. The summed E-state index contributed by atoms with van der Waals surface area (Å²) in [6.07, 6.45) is 2.11. The van der Waals surface area contributed by atoms with Gasteiger partial charge in [-0.1, -0.05) is 6.92 Å². The Morgan fingerprint density at radius 1 is 1.38 bits per heavy atom. The van der Waals surface area contributed by atoms with Crippen LogP contribution < -0.4 is 0 Å². The Morgan fingerprint density at radius 2 is 2.15 bits per heavy atom. The van der Waals surface area contributed by atoms with Gasteiger partial charge in [-0.15, -0.1) is 0 Å². The molecule has 0 spiro atoms. The van der Waals surface area contributed by atoms with E-state index in [1.54, 1.807) is 0 Å². The molecule has 2 nitrogen and oxygen atoms in total. The maximum atomic E-state index is 9.92. The van der Waals surface area contributed by atoms with Crippen molar-refractivity contribution in [3.63, 3.8) is 0 Å². The van der Waals surface area contributed by atoms with Crippen LogP contribution in [0.25, 0.3) is 0 Å². The van der Waals surface area contributed by atoms with Crippen LogP contribution >= 0.6 is 11.8 Å². The predicted octanol–water partition coefficient (Wildman–Crippen LogP) is 1.59. The van der Waals surface area contributed by atoms with Crippen LogP contribution in [0.3, 0.4) is 0 Å². The van der Waals surface area contributed by atoms with E-state index in [9.17, 15) is 5.11 Å². The number of hydrogen-bond donors (Lipinski definition) is 1. The first-order valence-electron chi connectivity index (χ1n) is 5.16. The van der Waals surface area contributed by atoms with Gasteiger partial charge in [-0.25, -0.2) is 0 Å². The highest BCUT2D eigenvalue weighted by atomic mass is 32.2. The molecule has 0 amide bonds. The van der Waals surface area contributed by atoms with E-state index in [0.29, 0.717) is 0 Å². The lowest BCUT2D eigenvalue weighted by Gasteiger charge is -2.29. The summed E-state index contributed by atoms with van der Waals surface area (Å²) in [5, 5.41) is 9.92. The summed E-state index contributed by atoms with van der Waals surface area (Å²) in [6, 6.07) is 0. The van der Waals surface area contributed by atoms with Crippen LogP contribution in [0.1, 0.15) is 26.7 Å². The fraction of sp³-hybridized carbons (Fsp3) is 1.00. The maximum Gasteiger partial charge on any atom is 0.0743 e. The fourth-order valence-electron chi connectivity index (χ4n) is 1.55. The molecule has 1 heterocycles. The van der Waals surface area contributed by atoms with Crippen molar-refractivity contribution in [3.05, 3.63) is 0 Å². The van der Waals surface area contributed by atoms with E-state index in [4.69, 9.17) is 0 Å². The van der Waals surface area contributed by atoms with Gasteiger partial charge in [-0.2, -0.15) is 11.8 Å². The van der Waals surface area contributed by atoms with Crippen molar-refractivity contribution in [2.24, 2.45) is 0 Å². The first-order valence-corrected chi connectivity index (χ1v) is 6.32. The van der Waals surface area contributed by atoms with Crippen LogP contribution in [0.5, 0.6) is 0 Å². The zero-order valence-electron chi connectivity index (χ0n) is 8.75. The van der Waals surface area contributed by atoms with E-state index in [1.807, 2.05) is 25.6 Å². The number of hydrogen-bond acceptors (Lipinski definition) is 3. The molecule has 1 rings (SSSR count). The minimum Gasteiger partial charge on any atom is -0.389 e. The van der Waals surface area contributed by atoms with Gasteiger partial charge in [-0.05, 0) is 32.1 Å². The Bertz CT molecular complexity index is 142. The number of β-amino-alcohol motifs (C(OH)–C–C–N with tert-alkyl or cyclic N) is 1. The van der Waals surface area contributed by atoms with Crippen LogP contribution in [-0.2, 0) is 0 Å². The van der Waals surface area contributed by atoms with Crippen molar-refractivity contribution in [1.29, 1.82) is 0 Å². The molecule has 0 aromatic carbocycles. The Balaban J connectivity index is 2.33. The van der Waals surface area contributed by atoms with Crippen molar-refractivity contribution >= 4 is 11.8 Å². The van der Waals surface area contributed by atoms with Crippen molar-refractivity contribution in [2.75, 3.05) is 31.1 Å². The number of nitrogens with zero attached hydrogens (tertiary/aromatic N) is 1. The van der Waals surface area contributed by atoms with Crippen molar-refractivity contribution in [1.82, 2.24) is 4.90 Å². The largest absolute Gasteiger partial charge is 0.389 e. The average molecular weight is 203 g/mol. The molecule has 1 atom stereocenters. The predicted molar refractivity (Wildman–Crippen MR) is 59.3 cm³/mol. The molecule has 0 aromatic rings. The van der Waals surface area contributed by atoms with Crippen LogP contribution in [0.15, 0.2) is 0 Å². The highest BCUT2D eigenvalue weighted by Gasteiger charge is 2.22. The normalized spacial score (nSPS) is 25.2. The molecule has 1 aliphatic heterocycles. The maximum absolute atomic E-state index is 9.92. The second kappa shape index (κ2) is 5.23. The molecular formula is C10H21NOS. The molecule has 3 heteroatoms. The second-order valence-corrected chi connectivity index (χ2v) is 5.32. The molecule has 0 aromatic heterocycles. The molecule has 0 aliphatic carbocycles. The Labute approximate surface area is 85.7 Å². The molecule has 1 fully saturated rings. The number of aliphatic hydroxyl groups is 1. The standard InChI is InChI=1S/C10H21NOS/c1-3-10(2,12)9-11-5-4-7-13-8-6-11/h12H,3-9H2,1-2H3. The molecule has 1 N–H and O–H groups in total. The van der Waals surface area contributed by atoms with E-state index in [2.05, 4.69) is 4.90 Å². The molecule has 1 aliphatic rings. The second-order valence-electron chi connectivity index (χ2n) is 4.09. The van der Waals surface area contributed by atoms with Gasteiger partial charge in [0, 0.05) is 18.8 Å². The first kappa shape index (κ1) is 11.3. The summed E-state index contributed by atoms with van der Waals surface area (Å²) in [4.78, 5) is 2.39. The fourth-order valence-corrected chi connectivity index (χ4v) is 2.47. The van der Waals surface area contributed by atoms with Crippen molar-refractivity contribution in [3.8, 4) is 0 Å². The van der Waals surface area contributed by atoms with Gasteiger partial charge in [0.25, 0.3) is 0 Å². The van der Waals surface area contributed by atoms with Gasteiger partial charge < -0.3 is 5.11 Å². The van der Waals surface area contributed by atoms with Gasteiger partial charge in [-0.3, -0.25) is 4.90 Å². The Kier molecular flexibility index (Phi) is 4.56. The highest BCUT2D eigenvalue weighted by molar-refractivity contribution is 7.99. The lowest BCUT2D eigenvalue weighted by molar-refractivity contribution is 0.0186. The van der Waals surface area contributed by atoms with Crippen LogP contribution in [0.2, 0.25) is 0 Å². The Morgan fingerprint density at radius 3 is 2.85 bits per heavy atom. The quantitative estimate of drug-likeness (QED) is 0.753. The van der Waals surface area contributed by atoms with E-state index in [0.717, 1.165) is 26.1 Å². The smallest absolute Gasteiger partial charge is 0.0743 e. The van der Waals surface area contributed by atoms with Crippen molar-refractivity contribution < 1.29 is 5.11 Å². The summed E-state index contributed by atoms with van der Waals surface area (Å²) < 4.78 is 0. The van der Waals surface area contributed by atoms with E-state index in [-0.39, 0.29) is 0 Å². The van der Waals surface area contributed by atoms with Gasteiger partial charge in [0.2, 0.25) is 0 Å². The van der Waals surface area contributed by atoms with Crippen molar-refractivity contribution in [2.45, 2.75) is 32.3 Å². The lowest BCUT2D eigenvalue weighted by atomic mass is 10.0. The Hall–Kier alpha value is 0.270. The van der Waals surface area contributed by atoms with E-state index in [1.165, 1.54) is 17.9 Å². The molecule has 0 bridgehead atoms. The first-order chi connectivity index (χ1) is 6.14. The number of thioether (sulfide) groups is 1. The monoisotopic (exact) mass is 203 g/mol. The van der Waals surface area contributed by atoms with Gasteiger partial charge >= 0.3 is 0 Å². The van der Waals surface area contributed by atoms with Crippen LogP contribution in [0.4, 0.5) is 0 Å². The molecule has 13 heavy (non-hydrogen) atoms. The topological polar surface area (TPSA) is 23.5 Å². The minimum atomic E-state index is -0.491. The molecule has 0 saturated carbocycles. The summed E-state index contributed by atoms with van der Waals surface area (Å²) >= 11 is 2.03. The minimum absolute atomic E-state index is 0.491. The molecule has 78 valence electrons. The van der Waals surface area contributed by atoms with Gasteiger partial charge in [0.1, 0.15) is 0 Å². The van der Waals surface area contributed by atoms with Crippen LogP contribution in [0, 0.1) is 0 Å². The summed E-state index contributed by atoms with van der Waals surface area (Å²) in [5.41, 5.74) is -0.491. The molecule has 1 saturated heterocycles. The van der Waals surface area contributed by atoms with Gasteiger partial charge in [0.05, 0.1) is 5.60 Å². The molecular weight excluding hydrogens is 182 g/mol. The number of rotatable bonds is 3. The highest BCUT2D eigenvalue weighted by Crippen LogP contribution is 2.15. The van der Waals surface area contributed by atoms with Gasteiger partial charge in [0.15, 0.2) is 0 Å². The summed E-state index contributed by atoms with van der Waals surface area (Å²) in [7, 11) is 0. The van der Waals surface area contributed by atoms with E-state index >= 15 is 0 Å². The van der Waals surface area contributed by atoms with E-state index < -0.39 is 5.60 Å². The summed E-state index contributed by atoms with van der Waals surface area (Å²) in [5.74, 6) is 2.50. The third-order valence-electron chi connectivity index (χ3n) is 2.64. The third-order valence-corrected chi connectivity index (χ3v) is 3.69. The van der Waals surface area contributed by atoms with Crippen LogP contribution in [-0.4, -0.2) is 46.7 Å². The zero-order valence-corrected chi connectivity index (χ0v) is 9.57. The lowest BCUT2D eigenvalue weighted by Crippen LogP contribution is -2.41. The third kappa shape index (κ3) is 4.34. The zero-order chi connectivity index (χ0) is 9.73. The molecule has 1 unspecified atom stereocenters. The average Bonchev–Trinajstić information content (AvgIpc) is 2.32. The summed E-state index contributed by atoms with van der Waals surface area (Å²) in [6.45, 7) is 7.12. The molecule has 0 radical (unpaired) electrons.